The Balaban J connectivity index is 1.39. The molecule has 4 aliphatic rings. The summed E-state index contributed by atoms with van der Waals surface area (Å²) in [6.07, 6.45) is 9.41. The molecule has 1 aromatic rings. The summed E-state index contributed by atoms with van der Waals surface area (Å²) >= 11 is 0. The maximum absolute atomic E-state index is 12.9. The van der Waals surface area contributed by atoms with E-state index in [9.17, 15) is 13.5 Å². The van der Waals surface area contributed by atoms with Gasteiger partial charge in [0, 0.05) is 0 Å². The van der Waals surface area contributed by atoms with Crippen molar-refractivity contribution in [2.45, 2.75) is 95.7 Å². The molecule has 4 aliphatic carbocycles. The fourth-order valence-electron chi connectivity index (χ4n) is 8.27. The van der Waals surface area contributed by atoms with E-state index in [1.165, 1.54) is 44.9 Å². The lowest BCUT2D eigenvalue weighted by atomic mass is 9.45. The number of aryl methyl sites for hydroxylation is 1. The maximum atomic E-state index is 12.9. The molecule has 8 atom stereocenters. The summed E-state index contributed by atoms with van der Waals surface area (Å²) in [6.45, 7) is 6.66. The van der Waals surface area contributed by atoms with Gasteiger partial charge in [0.1, 0.15) is 6.10 Å². The molecule has 4 nitrogen and oxygen atoms in total. The fraction of sp³-hybridized carbons (Fsp3) is 0.769. The molecule has 0 heterocycles. The van der Waals surface area contributed by atoms with E-state index < -0.39 is 22.3 Å². The molecule has 0 bridgehead atoms. The molecule has 0 amide bonds. The van der Waals surface area contributed by atoms with Gasteiger partial charge in [0.2, 0.25) is 0 Å². The Morgan fingerprint density at radius 3 is 2.42 bits per heavy atom. The van der Waals surface area contributed by atoms with Gasteiger partial charge in [0.15, 0.2) is 0 Å². The lowest BCUT2D eigenvalue weighted by Gasteiger charge is -2.60. The molecule has 0 radical (unpaired) electrons. The molecule has 0 saturated heterocycles. The van der Waals surface area contributed by atoms with Crippen LogP contribution in [0, 0.1) is 41.4 Å². The standard InChI is InChI=1S/C26H38O4S/c1-17-7-10-19(11-8-17)31(28,29)30-23-16-22-20-12-9-18-6-4-5-14-25(18,2)21(20)13-15-26(22,3)24(23)27/h7-8,10-11,18,20-24,27H,4-6,9,12-16H2,1-3H3/t18-,20?,21?,22?,23?,24?,25?,26?/m1/s1. The Kier molecular flexibility index (Phi) is 5.35. The van der Waals surface area contributed by atoms with E-state index in [2.05, 4.69) is 13.8 Å². The highest BCUT2D eigenvalue weighted by Crippen LogP contribution is 2.66. The molecule has 1 aromatic carbocycles. The van der Waals surface area contributed by atoms with Crippen LogP contribution in [0.4, 0.5) is 0 Å². The first-order chi connectivity index (χ1) is 14.6. The van der Waals surface area contributed by atoms with Gasteiger partial charge in [-0.2, -0.15) is 8.42 Å². The molecule has 0 aromatic heterocycles. The third-order valence-electron chi connectivity index (χ3n) is 10.1. The van der Waals surface area contributed by atoms with Crippen LogP contribution in [0.2, 0.25) is 0 Å². The molecule has 0 aliphatic heterocycles. The molecule has 0 spiro atoms. The van der Waals surface area contributed by atoms with E-state index in [0.29, 0.717) is 29.6 Å². The minimum absolute atomic E-state index is 0.179. The number of fused-ring (bicyclic) bond motifs is 5. The van der Waals surface area contributed by atoms with Crippen LogP contribution < -0.4 is 0 Å². The molecule has 172 valence electrons. The van der Waals surface area contributed by atoms with Crippen LogP contribution in [0.25, 0.3) is 0 Å². The zero-order valence-corrected chi connectivity index (χ0v) is 20.0. The average Bonchev–Trinajstić information content (AvgIpc) is 2.98. The normalized spacial score (nSPS) is 44.9. The van der Waals surface area contributed by atoms with Crippen molar-refractivity contribution < 1.29 is 17.7 Å². The van der Waals surface area contributed by atoms with Crippen molar-refractivity contribution in [1.82, 2.24) is 0 Å². The first-order valence-corrected chi connectivity index (χ1v) is 13.7. The second kappa shape index (κ2) is 7.56. The van der Waals surface area contributed by atoms with E-state index in [1.807, 2.05) is 6.92 Å². The van der Waals surface area contributed by atoms with Gasteiger partial charge in [0.25, 0.3) is 10.1 Å². The molecule has 4 fully saturated rings. The Hall–Kier alpha value is -0.910. The van der Waals surface area contributed by atoms with E-state index in [-0.39, 0.29) is 10.3 Å². The van der Waals surface area contributed by atoms with Crippen molar-refractivity contribution in [3.05, 3.63) is 29.8 Å². The summed E-state index contributed by atoms with van der Waals surface area (Å²) in [5.41, 5.74) is 1.20. The van der Waals surface area contributed by atoms with Crippen molar-refractivity contribution in [2.24, 2.45) is 34.5 Å². The van der Waals surface area contributed by atoms with Gasteiger partial charge >= 0.3 is 0 Å². The van der Waals surface area contributed by atoms with Crippen LogP contribution in [0.5, 0.6) is 0 Å². The van der Waals surface area contributed by atoms with E-state index >= 15 is 0 Å². The van der Waals surface area contributed by atoms with Crippen LogP contribution >= 0.6 is 0 Å². The van der Waals surface area contributed by atoms with Crippen LogP contribution in [0.15, 0.2) is 29.2 Å². The van der Waals surface area contributed by atoms with Gasteiger partial charge in [-0.05, 0) is 98.5 Å². The molecule has 5 heteroatoms. The molecule has 1 N–H and O–H groups in total. The highest BCUT2D eigenvalue weighted by atomic mass is 32.2. The molecule has 7 unspecified atom stereocenters. The number of rotatable bonds is 3. The van der Waals surface area contributed by atoms with Crippen LogP contribution in [-0.4, -0.2) is 25.7 Å². The topological polar surface area (TPSA) is 63.6 Å². The largest absolute Gasteiger partial charge is 0.390 e. The maximum Gasteiger partial charge on any atom is 0.297 e. The lowest BCUT2D eigenvalue weighted by molar-refractivity contribution is -0.122. The summed E-state index contributed by atoms with van der Waals surface area (Å²) in [5.74, 6) is 2.50. The zero-order chi connectivity index (χ0) is 22.0. The smallest absolute Gasteiger partial charge is 0.297 e. The fourth-order valence-corrected chi connectivity index (χ4v) is 9.36. The number of aliphatic hydroxyl groups is 1. The Morgan fingerprint density at radius 2 is 1.68 bits per heavy atom. The highest BCUT2D eigenvalue weighted by molar-refractivity contribution is 7.86. The SMILES string of the molecule is Cc1ccc(S(=O)(=O)OC2CC3C4CC[C@H]5CCCCC5(C)C4CCC3(C)C2O)cc1. The third kappa shape index (κ3) is 3.41. The second-order valence-electron chi connectivity index (χ2n) is 11.5. The highest BCUT2D eigenvalue weighted by Gasteiger charge is 2.62. The molecular formula is C26H38O4S. The Labute approximate surface area is 187 Å². The molecule has 31 heavy (non-hydrogen) atoms. The van der Waals surface area contributed by atoms with Gasteiger partial charge in [-0.3, -0.25) is 4.18 Å². The molecular weight excluding hydrogens is 408 g/mol. The lowest BCUT2D eigenvalue weighted by Crippen LogP contribution is -2.53. The molecule has 5 rings (SSSR count). The van der Waals surface area contributed by atoms with Crippen LogP contribution in [-0.2, 0) is 14.3 Å². The summed E-state index contributed by atoms with van der Waals surface area (Å²) in [7, 11) is -3.88. The van der Waals surface area contributed by atoms with Crippen molar-refractivity contribution in [2.75, 3.05) is 0 Å². The monoisotopic (exact) mass is 446 g/mol. The number of hydrogen-bond donors (Lipinski definition) is 1. The zero-order valence-electron chi connectivity index (χ0n) is 19.2. The van der Waals surface area contributed by atoms with Crippen molar-refractivity contribution >= 4 is 10.1 Å². The van der Waals surface area contributed by atoms with Crippen LogP contribution in [0.3, 0.4) is 0 Å². The van der Waals surface area contributed by atoms with Crippen molar-refractivity contribution in [1.29, 1.82) is 0 Å². The van der Waals surface area contributed by atoms with Crippen molar-refractivity contribution in [3.63, 3.8) is 0 Å². The van der Waals surface area contributed by atoms with Crippen LogP contribution in [0.1, 0.15) is 77.2 Å². The summed E-state index contributed by atoms with van der Waals surface area (Å²) < 4.78 is 31.6. The van der Waals surface area contributed by atoms with Gasteiger partial charge in [-0.1, -0.05) is 44.4 Å². The Bertz CT molecular complexity index is 925. The van der Waals surface area contributed by atoms with E-state index in [1.54, 1.807) is 24.3 Å². The predicted octanol–water partition coefficient (Wildman–Crippen LogP) is 5.47. The summed E-state index contributed by atoms with van der Waals surface area (Å²) in [4.78, 5) is 0.179. The first kappa shape index (κ1) is 21.9. The second-order valence-corrected chi connectivity index (χ2v) is 13.1. The number of benzene rings is 1. The first-order valence-electron chi connectivity index (χ1n) is 12.3. The summed E-state index contributed by atoms with van der Waals surface area (Å²) in [5, 5.41) is 11.3. The Morgan fingerprint density at radius 1 is 0.935 bits per heavy atom. The third-order valence-corrected chi connectivity index (χ3v) is 11.4. The average molecular weight is 447 g/mol. The minimum Gasteiger partial charge on any atom is -0.390 e. The number of aliphatic hydroxyl groups excluding tert-OH is 1. The molecule has 4 saturated carbocycles. The van der Waals surface area contributed by atoms with Gasteiger partial charge in [-0.25, -0.2) is 0 Å². The van der Waals surface area contributed by atoms with Crippen molar-refractivity contribution in [3.8, 4) is 0 Å². The van der Waals surface area contributed by atoms with Gasteiger partial charge in [-0.15, -0.1) is 0 Å². The summed E-state index contributed by atoms with van der Waals surface area (Å²) in [6, 6.07) is 6.77. The van der Waals surface area contributed by atoms with E-state index in [0.717, 1.165) is 17.9 Å². The predicted molar refractivity (Wildman–Crippen MR) is 121 cm³/mol. The quantitative estimate of drug-likeness (QED) is 0.625. The minimum atomic E-state index is -3.88. The van der Waals surface area contributed by atoms with E-state index in [4.69, 9.17) is 4.18 Å². The van der Waals surface area contributed by atoms with Gasteiger partial charge in [0.05, 0.1) is 11.0 Å². The van der Waals surface area contributed by atoms with Gasteiger partial charge < -0.3 is 5.11 Å². The number of hydrogen-bond acceptors (Lipinski definition) is 4.